The molecule has 1 fully saturated rings. The van der Waals surface area contributed by atoms with Crippen molar-refractivity contribution < 1.29 is 9.47 Å². The van der Waals surface area contributed by atoms with Crippen LogP contribution < -0.4 is 15.4 Å². The smallest absolute Gasteiger partial charge is 0.213 e. The number of fused-ring (bicyclic) bond motifs is 1. The Morgan fingerprint density at radius 1 is 1.24 bits per heavy atom. The lowest BCUT2D eigenvalue weighted by atomic mass is 10.0. The normalized spacial score (nSPS) is 22.7. The second-order valence-corrected chi connectivity index (χ2v) is 6.70. The van der Waals surface area contributed by atoms with Crippen LogP contribution in [0.1, 0.15) is 36.4 Å². The van der Waals surface area contributed by atoms with Gasteiger partial charge in [-0.15, -0.1) is 0 Å². The van der Waals surface area contributed by atoms with Crippen LogP contribution in [0.4, 0.5) is 5.69 Å². The van der Waals surface area contributed by atoms with Crippen LogP contribution in [0.5, 0.6) is 5.88 Å². The Hall–Kier alpha value is -2.11. The van der Waals surface area contributed by atoms with Crippen LogP contribution in [0, 0.1) is 0 Å². The molecule has 4 rings (SSSR count). The molecule has 132 valence electrons. The number of nitrogens with zero attached hydrogens (tertiary/aromatic N) is 1. The van der Waals surface area contributed by atoms with Crippen LogP contribution in [0.3, 0.4) is 0 Å². The van der Waals surface area contributed by atoms with Crippen molar-refractivity contribution in [3.8, 4) is 5.88 Å². The number of hydrogen-bond donors (Lipinski definition) is 2. The number of benzene rings is 1. The number of nitrogens with one attached hydrogen (secondary N) is 2. The van der Waals surface area contributed by atoms with Crippen molar-refractivity contribution in [2.75, 3.05) is 25.1 Å². The van der Waals surface area contributed by atoms with Crippen molar-refractivity contribution in [2.45, 2.75) is 38.0 Å². The Bertz CT molecular complexity index is 701. The second kappa shape index (κ2) is 7.85. The zero-order chi connectivity index (χ0) is 16.9. The molecule has 2 aliphatic rings. The summed E-state index contributed by atoms with van der Waals surface area (Å²) in [5.74, 6) is 0.692. The summed E-state index contributed by atoms with van der Waals surface area (Å²) < 4.78 is 11.3. The lowest BCUT2D eigenvalue weighted by Crippen LogP contribution is -2.21. The molecule has 25 heavy (non-hydrogen) atoms. The SMILES string of the molecule is c1ccc2c(c1)NCCC[C@@H]2NCc1ccnc(O[C@@H]2CCOC2)c1. The molecule has 2 N–H and O–H groups in total. The van der Waals surface area contributed by atoms with E-state index in [1.165, 1.54) is 23.2 Å². The summed E-state index contributed by atoms with van der Waals surface area (Å²) in [4.78, 5) is 4.33. The van der Waals surface area contributed by atoms with Crippen LogP contribution in [-0.2, 0) is 11.3 Å². The number of aromatic nitrogens is 1. The highest BCUT2D eigenvalue weighted by Crippen LogP contribution is 2.29. The fourth-order valence-electron chi connectivity index (χ4n) is 3.50. The highest BCUT2D eigenvalue weighted by molar-refractivity contribution is 5.53. The zero-order valence-corrected chi connectivity index (χ0v) is 14.4. The molecule has 2 aromatic rings. The third kappa shape index (κ3) is 4.11. The average Bonchev–Trinajstić information content (AvgIpc) is 3.06. The Kier molecular flexibility index (Phi) is 5.14. The van der Waals surface area contributed by atoms with E-state index in [0.717, 1.165) is 32.5 Å². The second-order valence-electron chi connectivity index (χ2n) is 6.70. The van der Waals surface area contributed by atoms with Crippen LogP contribution in [0.25, 0.3) is 0 Å². The first-order chi connectivity index (χ1) is 12.4. The standard InChI is InChI=1S/C20H25N3O2/c1-2-5-18-17(4-1)19(6-3-9-21-18)23-13-15-7-10-22-20(12-15)25-16-8-11-24-14-16/h1-2,4-5,7,10,12,16,19,21,23H,3,6,8-9,11,13-14H2/t16-,19+/m1/s1. The van der Waals surface area contributed by atoms with E-state index in [9.17, 15) is 0 Å². The number of anilines is 1. The van der Waals surface area contributed by atoms with Gasteiger partial charge in [-0.1, -0.05) is 18.2 Å². The number of rotatable bonds is 5. The Balaban J connectivity index is 1.41. The fourth-order valence-corrected chi connectivity index (χ4v) is 3.50. The van der Waals surface area contributed by atoms with Crippen LogP contribution in [0.2, 0.25) is 0 Å². The van der Waals surface area contributed by atoms with Gasteiger partial charge in [0.15, 0.2) is 0 Å². The van der Waals surface area contributed by atoms with E-state index in [1.807, 2.05) is 18.3 Å². The third-order valence-electron chi connectivity index (χ3n) is 4.85. The molecule has 0 spiro atoms. The lowest BCUT2D eigenvalue weighted by molar-refractivity contribution is 0.138. The molecule has 0 saturated carbocycles. The lowest BCUT2D eigenvalue weighted by Gasteiger charge is -2.19. The van der Waals surface area contributed by atoms with Crippen LogP contribution in [-0.4, -0.2) is 30.8 Å². The summed E-state index contributed by atoms with van der Waals surface area (Å²) >= 11 is 0. The molecule has 0 aliphatic carbocycles. The van der Waals surface area contributed by atoms with Gasteiger partial charge in [0.2, 0.25) is 5.88 Å². The summed E-state index contributed by atoms with van der Waals surface area (Å²) in [6.07, 6.45) is 5.20. The maximum absolute atomic E-state index is 5.91. The van der Waals surface area contributed by atoms with Gasteiger partial charge >= 0.3 is 0 Å². The van der Waals surface area contributed by atoms with Crippen LogP contribution >= 0.6 is 0 Å². The molecule has 0 bridgehead atoms. The molecule has 1 aromatic carbocycles. The summed E-state index contributed by atoms with van der Waals surface area (Å²) in [5.41, 5.74) is 3.80. The van der Waals surface area contributed by atoms with Crippen molar-refractivity contribution >= 4 is 5.69 Å². The minimum Gasteiger partial charge on any atom is -0.472 e. The number of para-hydroxylation sites is 1. The van der Waals surface area contributed by atoms with Gasteiger partial charge in [0.1, 0.15) is 6.10 Å². The van der Waals surface area contributed by atoms with E-state index in [2.05, 4.69) is 39.9 Å². The number of ether oxygens (including phenoxy) is 2. The van der Waals surface area contributed by atoms with Crippen molar-refractivity contribution in [1.29, 1.82) is 0 Å². The van der Waals surface area contributed by atoms with Gasteiger partial charge in [0.05, 0.1) is 13.2 Å². The van der Waals surface area contributed by atoms with Crippen LogP contribution in [0.15, 0.2) is 42.6 Å². The molecule has 0 amide bonds. The summed E-state index contributed by atoms with van der Waals surface area (Å²) in [6.45, 7) is 3.28. The van der Waals surface area contributed by atoms with E-state index in [0.29, 0.717) is 18.5 Å². The number of hydrogen-bond acceptors (Lipinski definition) is 5. The first-order valence-corrected chi connectivity index (χ1v) is 9.14. The molecule has 3 heterocycles. The maximum Gasteiger partial charge on any atom is 0.213 e. The van der Waals surface area contributed by atoms with E-state index >= 15 is 0 Å². The monoisotopic (exact) mass is 339 g/mol. The maximum atomic E-state index is 5.91. The zero-order valence-electron chi connectivity index (χ0n) is 14.4. The Morgan fingerprint density at radius 2 is 2.20 bits per heavy atom. The quantitative estimate of drug-likeness (QED) is 0.875. The summed E-state index contributed by atoms with van der Waals surface area (Å²) in [7, 11) is 0. The van der Waals surface area contributed by atoms with Gasteiger partial charge in [-0.2, -0.15) is 0 Å². The molecule has 0 radical (unpaired) electrons. The van der Waals surface area contributed by atoms with E-state index in [4.69, 9.17) is 9.47 Å². The topological polar surface area (TPSA) is 55.4 Å². The van der Waals surface area contributed by atoms with Gasteiger partial charge in [-0.25, -0.2) is 4.98 Å². The number of pyridine rings is 1. The van der Waals surface area contributed by atoms with Gasteiger partial charge in [0, 0.05) is 43.5 Å². The predicted octanol–water partition coefficient (Wildman–Crippen LogP) is 3.29. The van der Waals surface area contributed by atoms with Crippen molar-refractivity contribution in [3.63, 3.8) is 0 Å². The van der Waals surface area contributed by atoms with Gasteiger partial charge in [-0.05, 0) is 36.1 Å². The molecule has 1 saturated heterocycles. The molecule has 0 unspecified atom stereocenters. The Labute approximate surface area is 148 Å². The summed E-state index contributed by atoms with van der Waals surface area (Å²) in [6, 6.07) is 13.0. The third-order valence-corrected chi connectivity index (χ3v) is 4.85. The minimum absolute atomic E-state index is 0.135. The highest BCUT2D eigenvalue weighted by Gasteiger charge is 2.19. The molecule has 2 aliphatic heterocycles. The van der Waals surface area contributed by atoms with Gasteiger partial charge in [-0.3, -0.25) is 0 Å². The predicted molar refractivity (Wildman–Crippen MR) is 97.8 cm³/mol. The fraction of sp³-hybridized carbons (Fsp3) is 0.450. The molecular formula is C20H25N3O2. The average molecular weight is 339 g/mol. The Morgan fingerprint density at radius 3 is 3.12 bits per heavy atom. The molecule has 2 atom stereocenters. The molecule has 5 heteroatoms. The minimum atomic E-state index is 0.135. The van der Waals surface area contributed by atoms with Crippen molar-refractivity contribution in [2.24, 2.45) is 0 Å². The van der Waals surface area contributed by atoms with E-state index in [1.54, 1.807) is 0 Å². The van der Waals surface area contributed by atoms with Gasteiger partial charge < -0.3 is 20.1 Å². The highest BCUT2D eigenvalue weighted by atomic mass is 16.5. The summed E-state index contributed by atoms with van der Waals surface area (Å²) in [5, 5.41) is 7.23. The molecule has 1 aromatic heterocycles. The molecule has 5 nitrogen and oxygen atoms in total. The van der Waals surface area contributed by atoms with Gasteiger partial charge in [0.25, 0.3) is 0 Å². The van der Waals surface area contributed by atoms with E-state index < -0.39 is 0 Å². The van der Waals surface area contributed by atoms with Crippen molar-refractivity contribution in [3.05, 3.63) is 53.7 Å². The molecular weight excluding hydrogens is 314 g/mol. The van der Waals surface area contributed by atoms with E-state index in [-0.39, 0.29) is 6.10 Å². The first kappa shape index (κ1) is 16.4. The van der Waals surface area contributed by atoms with Crippen molar-refractivity contribution in [1.82, 2.24) is 10.3 Å². The first-order valence-electron chi connectivity index (χ1n) is 9.14. The largest absolute Gasteiger partial charge is 0.472 e.